The highest BCUT2D eigenvalue weighted by atomic mass is 35.5. The molecule has 3 aromatic rings. The molecule has 0 spiro atoms. The van der Waals surface area contributed by atoms with Crippen LogP contribution in [0.2, 0.25) is 5.02 Å². The zero-order valence-corrected chi connectivity index (χ0v) is 13.5. The highest BCUT2D eigenvalue weighted by Crippen LogP contribution is 2.27. The first-order chi connectivity index (χ1) is 11.0. The lowest BCUT2D eigenvalue weighted by molar-refractivity contribution is 0.102. The topological polar surface area (TPSA) is 51.1 Å². The lowest BCUT2D eigenvalue weighted by Gasteiger charge is -2.14. The number of rotatable bonds is 2. The zero-order valence-electron chi connectivity index (χ0n) is 12.8. The molecule has 0 fully saturated rings. The number of carbonyl (C=O) groups excluding carboxylic acids is 1. The largest absolute Gasteiger partial charge is 0.322 e. The first-order valence-corrected chi connectivity index (χ1v) is 7.52. The van der Waals surface area contributed by atoms with Crippen LogP contribution in [0.4, 0.5) is 5.69 Å². The van der Waals surface area contributed by atoms with E-state index in [4.69, 9.17) is 11.6 Å². The van der Waals surface area contributed by atoms with Gasteiger partial charge in [0, 0.05) is 18.1 Å². The summed E-state index contributed by atoms with van der Waals surface area (Å²) < 4.78 is 1.45. The smallest absolute Gasteiger partial charge is 0.263 e. The predicted molar refractivity (Wildman–Crippen MR) is 93.3 cm³/mol. The minimum atomic E-state index is -0.434. The number of para-hydroxylation sites is 1. The molecule has 0 radical (unpaired) electrons. The lowest BCUT2D eigenvalue weighted by Crippen LogP contribution is -2.29. The van der Waals surface area contributed by atoms with Crippen LogP contribution in [0.5, 0.6) is 0 Å². The number of nitrogens with one attached hydrogen (secondary N) is 1. The maximum absolute atomic E-state index is 12.6. The van der Waals surface area contributed by atoms with Crippen LogP contribution in [0.1, 0.15) is 15.9 Å². The first kappa shape index (κ1) is 15.3. The van der Waals surface area contributed by atoms with E-state index < -0.39 is 5.91 Å². The van der Waals surface area contributed by atoms with E-state index in [9.17, 15) is 9.59 Å². The summed E-state index contributed by atoms with van der Waals surface area (Å²) in [6.07, 6.45) is 0. The van der Waals surface area contributed by atoms with Gasteiger partial charge in [-0.05, 0) is 36.8 Å². The molecule has 0 aliphatic carbocycles. The Hall–Kier alpha value is -2.59. The molecule has 0 saturated heterocycles. The van der Waals surface area contributed by atoms with Crippen LogP contribution in [0.3, 0.4) is 0 Å². The van der Waals surface area contributed by atoms with Crippen molar-refractivity contribution in [3.8, 4) is 0 Å². The quantitative estimate of drug-likeness (QED) is 0.779. The Bertz CT molecular complexity index is 962. The standard InChI is InChI=1S/C18H15ClN2O2/c1-11-15-13(19)9-6-10-14(15)21(2)18(23)16(11)17(22)20-12-7-4-3-5-8-12/h3-10H,1-2H3,(H,20,22). The van der Waals surface area contributed by atoms with E-state index in [0.717, 1.165) is 5.39 Å². The van der Waals surface area contributed by atoms with Gasteiger partial charge >= 0.3 is 0 Å². The van der Waals surface area contributed by atoms with Crippen LogP contribution in [0, 0.1) is 6.92 Å². The fraction of sp³-hybridized carbons (Fsp3) is 0.111. The maximum atomic E-state index is 12.6. The van der Waals surface area contributed by atoms with Gasteiger partial charge in [-0.25, -0.2) is 0 Å². The highest BCUT2D eigenvalue weighted by Gasteiger charge is 2.20. The van der Waals surface area contributed by atoms with Crippen molar-refractivity contribution in [1.29, 1.82) is 0 Å². The summed E-state index contributed by atoms with van der Waals surface area (Å²) in [6, 6.07) is 14.4. The van der Waals surface area contributed by atoms with Crippen LogP contribution in [-0.4, -0.2) is 10.5 Å². The summed E-state index contributed by atoms with van der Waals surface area (Å²) in [7, 11) is 1.64. The SMILES string of the molecule is Cc1c(C(=O)Nc2ccccc2)c(=O)n(C)c2cccc(Cl)c12. The second-order valence-electron chi connectivity index (χ2n) is 5.32. The third kappa shape index (κ3) is 2.62. The molecule has 0 saturated carbocycles. The third-order valence-corrected chi connectivity index (χ3v) is 4.20. The summed E-state index contributed by atoms with van der Waals surface area (Å²) >= 11 is 6.28. The molecule has 1 heterocycles. The normalized spacial score (nSPS) is 10.7. The Morgan fingerprint density at radius 1 is 1.09 bits per heavy atom. The Morgan fingerprint density at radius 2 is 1.78 bits per heavy atom. The first-order valence-electron chi connectivity index (χ1n) is 7.15. The van der Waals surface area contributed by atoms with Gasteiger partial charge in [-0.2, -0.15) is 0 Å². The van der Waals surface area contributed by atoms with Crippen molar-refractivity contribution in [2.24, 2.45) is 7.05 Å². The van der Waals surface area contributed by atoms with Crippen LogP contribution >= 0.6 is 11.6 Å². The summed E-state index contributed by atoms with van der Waals surface area (Å²) in [6.45, 7) is 1.75. The molecule has 0 aliphatic heterocycles. The number of halogens is 1. The number of aromatic nitrogens is 1. The molecule has 23 heavy (non-hydrogen) atoms. The molecule has 1 aromatic heterocycles. The van der Waals surface area contributed by atoms with Crippen LogP contribution in [-0.2, 0) is 7.05 Å². The molecule has 116 valence electrons. The Labute approximate surface area is 138 Å². The minimum absolute atomic E-state index is 0.108. The summed E-state index contributed by atoms with van der Waals surface area (Å²) in [4.78, 5) is 25.2. The number of amides is 1. The minimum Gasteiger partial charge on any atom is -0.322 e. The van der Waals surface area contributed by atoms with Crippen molar-refractivity contribution in [1.82, 2.24) is 4.57 Å². The van der Waals surface area contributed by atoms with E-state index in [-0.39, 0.29) is 11.1 Å². The second kappa shape index (κ2) is 5.89. The molecule has 3 rings (SSSR count). The number of pyridine rings is 1. The number of anilines is 1. The van der Waals surface area contributed by atoms with Gasteiger partial charge in [-0.3, -0.25) is 9.59 Å². The number of fused-ring (bicyclic) bond motifs is 1. The van der Waals surface area contributed by atoms with E-state index in [1.54, 1.807) is 38.2 Å². The molecule has 1 N–H and O–H groups in total. The monoisotopic (exact) mass is 326 g/mol. The van der Waals surface area contributed by atoms with Crippen molar-refractivity contribution >= 4 is 34.1 Å². The van der Waals surface area contributed by atoms with E-state index >= 15 is 0 Å². The van der Waals surface area contributed by atoms with Crippen molar-refractivity contribution in [3.05, 3.63) is 75.0 Å². The summed E-state index contributed by atoms with van der Waals surface area (Å²) in [5.74, 6) is -0.434. The number of benzene rings is 2. The fourth-order valence-electron chi connectivity index (χ4n) is 2.71. The third-order valence-electron chi connectivity index (χ3n) is 3.88. The van der Waals surface area contributed by atoms with Crippen LogP contribution in [0.15, 0.2) is 53.3 Å². The molecular weight excluding hydrogens is 312 g/mol. The van der Waals surface area contributed by atoms with Gasteiger partial charge in [-0.15, -0.1) is 0 Å². The van der Waals surface area contributed by atoms with Gasteiger partial charge in [0.2, 0.25) is 0 Å². The second-order valence-corrected chi connectivity index (χ2v) is 5.73. The number of carbonyl (C=O) groups is 1. The van der Waals surface area contributed by atoms with Crippen molar-refractivity contribution in [2.75, 3.05) is 5.32 Å². The fourth-order valence-corrected chi connectivity index (χ4v) is 3.02. The lowest BCUT2D eigenvalue weighted by atomic mass is 10.0. The van der Waals surface area contributed by atoms with Crippen molar-refractivity contribution in [3.63, 3.8) is 0 Å². The number of hydrogen-bond acceptors (Lipinski definition) is 2. The predicted octanol–water partition coefficient (Wildman–Crippen LogP) is 3.75. The molecular formula is C18H15ClN2O2. The average Bonchev–Trinajstić information content (AvgIpc) is 2.53. The number of aryl methyl sites for hydroxylation is 2. The number of nitrogens with zero attached hydrogens (tertiary/aromatic N) is 1. The van der Waals surface area contributed by atoms with E-state index in [1.165, 1.54) is 4.57 Å². The van der Waals surface area contributed by atoms with E-state index in [0.29, 0.717) is 21.8 Å². The van der Waals surface area contributed by atoms with E-state index in [1.807, 2.05) is 24.3 Å². The highest BCUT2D eigenvalue weighted by molar-refractivity contribution is 6.35. The summed E-state index contributed by atoms with van der Waals surface area (Å²) in [5, 5.41) is 3.99. The van der Waals surface area contributed by atoms with Gasteiger partial charge in [0.1, 0.15) is 5.56 Å². The molecule has 0 atom stereocenters. The molecule has 5 heteroatoms. The summed E-state index contributed by atoms with van der Waals surface area (Å²) in [5.41, 5.74) is 1.69. The number of hydrogen-bond donors (Lipinski definition) is 1. The zero-order chi connectivity index (χ0) is 16.6. The van der Waals surface area contributed by atoms with Crippen LogP contribution in [0.25, 0.3) is 10.9 Å². The molecule has 1 amide bonds. The average molecular weight is 327 g/mol. The van der Waals surface area contributed by atoms with Gasteiger partial charge in [0.05, 0.1) is 10.5 Å². The van der Waals surface area contributed by atoms with Gasteiger partial charge in [-0.1, -0.05) is 35.9 Å². The van der Waals surface area contributed by atoms with Gasteiger partial charge < -0.3 is 9.88 Å². The van der Waals surface area contributed by atoms with Gasteiger partial charge in [0.15, 0.2) is 0 Å². The van der Waals surface area contributed by atoms with Crippen molar-refractivity contribution < 1.29 is 4.79 Å². The maximum Gasteiger partial charge on any atom is 0.263 e. The Kier molecular flexibility index (Phi) is 3.92. The molecule has 4 nitrogen and oxygen atoms in total. The van der Waals surface area contributed by atoms with Crippen molar-refractivity contribution in [2.45, 2.75) is 6.92 Å². The Balaban J connectivity index is 2.20. The van der Waals surface area contributed by atoms with Crippen LogP contribution < -0.4 is 10.9 Å². The molecule has 2 aromatic carbocycles. The molecule has 0 unspecified atom stereocenters. The molecule has 0 bridgehead atoms. The Morgan fingerprint density at radius 3 is 2.48 bits per heavy atom. The van der Waals surface area contributed by atoms with E-state index in [2.05, 4.69) is 5.32 Å². The molecule has 0 aliphatic rings. The van der Waals surface area contributed by atoms with Gasteiger partial charge in [0.25, 0.3) is 11.5 Å².